The minimum absolute atomic E-state index is 0.149. The van der Waals surface area contributed by atoms with Gasteiger partial charge in [0.15, 0.2) is 11.5 Å². The van der Waals surface area contributed by atoms with Gasteiger partial charge in [-0.1, -0.05) is 25.8 Å². The Morgan fingerprint density at radius 1 is 1.30 bits per heavy atom. The molecule has 5 nitrogen and oxygen atoms in total. The van der Waals surface area contributed by atoms with Crippen LogP contribution in [0, 0.1) is 0 Å². The lowest BCUT2D eigenvalue weighted by Gasteiger charge is -2.11. The van der Waals surface area contributed by atoms with Crippen molar-refractivity contribution in [3.63, 3.8) is 0 Å². The van der Waals surface area contributed by atoms with Crippen LogP contribution in [0.1, 0.15) is 36.5 Å². The smallest absolute Gasteiger partial charge is 0.255 e. The molecule has 0 atom stereocenters. The van der Waals surface area contributed by atoms with Crippen molar-refractivity contribution >= 4 is 12.0 Å². The van der Waals surface area contributed by atoms with E-state index in [1.807, 2.05) is 18.2 Å². The molecule has 5 heteroatoms. The zero-order valence-electron chi connectivity index (χ0n) is 13.6. The summed E-state index contributed by atoms with van der Waals surface area (Å²) in [5, 5.41) is 0. The van der Waals surface area contributed by atoms with Gasteiger partial charge in [0.1, 0.15) is 6.33 Å². The van der Waals surface area contributed by atoms with Gasteiger partial charge in [-0.3, -0.25) is 9.36 Å². The van der Waals surface area contributed by atoms with Crippen LogP contribution < -0.4 is 9.47 Å². The molecule has 0 saturated heterocycles. The fourth-order valence-electron chi connectivity index (χ4n) is 2.09. The second-order valence-electron chi connectivity index (χ2n) is 5.11. The summed E-state index contributed by atoms with van der Waals surface area (Å²) in [7, 11) is 1.62. The molecule has 1 heterocycles. The Kier molecular flexibility index (Phi) is 6.41. The van der Waals surface area contributed by atoms with Crippen LogP contribution in [0.15, 0.2) is 43.0 Å². The average Bonchev–Trinajstić information content (AvgIpc) is 3.11. The van der Waals surface area contributed by atoms with Gasteiger partial charge in [0, 0.05) is 18.5 Å². The monoisotopic (exact) mass is 314 g/mol. The second-order valence-corrected chi connectivity index (χ2v) is 5.11. The van der Waals surface area contributed by atoms with Crippen molar-refractivity contribution in [2.45, 2.75) is 26.2 Å². The zero-order valence-corrected chi connectivity index (χ0v) is 13.6. The minimum atomic E-state index is -0.149. The summed E-state index contributed by atoms with van der Waals surface area (Å²) < 4.78 is 12.5. The van der Waals surface area contributed by atoms with Crippen molar-refractivity contribution in [3.8, 4) is 11.5 Å². The Morgan fingerprint density at radius 3 is 2.87 bits per heavy atom. The summed E-state index contributed by atoms with van der Waals surface area (Å²) in [6.45, 7) is 2.81. The second kappa shape index (κ2) is 8.78. The molecular weight excluding hydrogens is 292 g/mol. The lowest BCUT2D eigenvalue weighted by atomic mass is 10.2. The van der Waals surface area contributed by atoms with E-state index in [4.69, 9.17) is 9.47 Å². The predicted octanol–water partition coefficient (Wildman–Crippen LogP) is 3.81. The van der Waals surface area contributed by atoms with Gasteiger partial charge in [0.05, 0.1) is 13.7 Å². The van der Waals surface area contributed by atoms with Gasteiger partial charge >= 0.3 is 0 Å². The topological polar surface area (TPSA) is 53.4 Å². The van der Waals surface area contributed by atoms with E-state index in [1.165, 1.54) is 17.0 Å². The molecule has 0 unspecified atom stereocenters. The molecule has 0 aliphatic carbocycles. The number of carbonyl (C=O) groups is 1. The number of imidazole rings is 1. The van der Waals surface area contributed by atoms with Crippen LogP contribution in [0.3, 0.4) is 0 Å². The molecule has 1 aromatic heterocycles. The zero-order chi connectivity index (χ0) is 16.5. The molecular formula is C18H22N2O3. The molecule has 0 spiro atoms. The normalized spacial score (nSPS) is 10.9. The van der Waals surface area contributed by atoms with E-state index in [0.29, 0.717) is 18.1 Å². The molecule has 122 valence electrons. The highest BCUT2D eigenvalue weighted by atomic mass is 16.5. The Balaban J connectivity index is 2.05. The van der Waals surface area contributed by atoms with E-state index in [2.05, 4.69) is 11.9 Å². The number of hydrogen-bond acceptors (Lipinski definition) is 4. The number of benzene rings is 1. The Bertz CT molecular complexity index is 648. The molecule has 0 aliphatic heterocycles. The maximum absolute atomic E-state index is 11.9. The highest BCUT2D eigenvalue weighted by Crippen LogP contribution is 2.28. The molecule has 0 saturated carbocycles. The highest BCUT2D eigenvalue weighted by Gasteiger charge is 2.05. The number of aromatic nitrogens is 2. The Morgan fingerprint density at radius 2 is 2.17 bits per heavy atom. The first kappa shape index (κ1) is 16.8. The minimum Gasteiger partial charge on any atom is -0.493 e. The third kappa shape index (κ3) is 4.98. The summed E-state index contributed by atoms with van der Waals surface area (Å²) in [5.41, 5.74) is 0.879. The number of methoxy groups -OCH3 is 1. The van der Waals surface area contributed by atoms with E-state index in [9.17, 15) is 4.79 Å². The number of hydrogen-bond donors (Lipinski definition) is 0. The predicted molar refractivity (Wildman–Crippen MR) is 89.9 cm³/mol. The first-order valence-electron chi connectivity index (χ1n) is 7.75. The van der Waals surface area contributed by atoms with Crippen molar-refractivity contribution < 1.29 is 14.3 Å². The van der Waals surface area contributed by atoms with E-state index < -0.39 is 0 Å². The van der Waals surface area contributed by atoms with Gasteiger partial charge in [-0.05, 0) is 30.2 Å². The Hall–Kier alpha value is -2.56. The molecule has 0 bridgehead atoms. The summed E-state index contributed by atoms with van der Waals surface area (Å²) in [6, 6.07) is 5.61. The molecule has 0 amide bonds. The van der Waals surface area contributed by atoms with Crippen molar-refractivity contribution in [1.29, 1.82) is 0 Å². The molecule has 2 rings (SSSR count). The first-order valence-corrected chi connectivity index (χ1v) is 7.75. The van der Waals surface area contributed by atoms with Gasteiger partial charge in [-0.15, -0.1) is 0 Å². The maximum Gasteiger partial charge on any atom is 0.255 e. The molecule has 2 aromatic rings. The van der Waals surface area contributed by atoms with Crippen LogP contribution in [0.25, 0.3) is 6.08 Å². The van der Waals surface area contributed by atoms with Crippen LogP contribution in [-0.4, -0.2) is 29.2 Å². The molecule has 0 N–H and O–H groups in total. The SMILES string of the molecule is CCCCCOc1cc(/C=C/C(=O)n2ccnc2)ccc1OC. The largest absolute Gasteiger partial charge is 0.493 e. The molecule has 0 aliphatic rings. The number of carbonyl (C=O) groups excluding carboxylic acids is 1. The van der Waals surface area contributed by atoms with E-state index >= 15 is 0 Å². The number of unbranched alkanes of at least 4 members (excludes halogenated alkanes) is 2. The molecule has 23 heavy (non-hydrogen) atoms. The van der Waals surface area contributed by atoms with Crippen LogP contribution in [0.2, 0.25) is 0 Å². The number of allylic oxidation sites excluding steroid dienone is 1. The van der Waals surface area contributed by atoms with Crippen LogP contribution in [-0.2, 0) is 0 Å². The summed E-state index contributed by atoms with van der Waals surface area (Å²) in [6.07, 6.45) is 11.2. The molecule has 0 radical (unpaired) electrons. The number of nitrogens with zero attached hydrogens (tertiary/aromatic N) is 2. The van der Waals surface area contributed by atoms with Crippen molar-refractivity contribution in [2.24, 2.45) is 0 Å². The van der Waals surface area contributed by atoms with E-state index in [1.54, 1.807) is 25.6 Å². The molecule has 0 fully saturated rings. The number of rotatable bonds is 8. The van der Waals surface area contributed by atoms with E-state index in [-0.39, 0.29) is 5.91 Å². The average molecular weight is 314 g/mol. The Labute approximate surface area is 136 Å². The third-order valence-corrected chi connectivity index (χ3v) is 3.37. The van der Waals surface area contributed by atoms with Gasteiger partial charge in [0.2, 0.25) is 0 Å². The summed E-state index contributed by atoms with van der Waals surface area (Å²) >= 11 is 0. The lowest BCUT2D eigenvalue weighted by Crippen LogP contribution is -2.03. The van der Waals surface area contributed by atoms with Gasteiger partial charge in [-0.25, -0.2) is 4.98 Å². The number of ether oxygens (including phenoxy) is 2. The third-order valence-electron chi connectivity index (χ3n) is 3.37. The summed E-state index contributed by atoms with van der Waals surface area (Å²) in [5.74, 6) is 1.24. The standard InChI is InChI=1S/C18H22N2O3/c1-3-4-5-12-23-17-13-15(6-8-16(17)22-2)7-9-18(21)20-11-10-19-14-20/h6-11,13-14H,3-5,12H2,1-2H3/b9-7+. The van der Waals surface area contributed by atoms with E-state index in [0.717, 1.165) is 24.8 Å². The van der Waals surface area contributed by atoms with Crippen LogP contribution in [0.5, 0.6) is 11.5 Å². The highest BCUT2D eigenvalue weighted by molar-refractivity contribution is 5.93. The molecule has 1 aromatic carbocycles. The summed E-state index contributed by atoms with van der Waals surface area (Å²) in [4.78, 5) is 15.8. The fourth-order valence-corrected chi connectivity index (χ4v) is 2.09. The van der Waals surface area contributed by atoms with Crippen molar-refractivity contribution in [1.82, 2.24) is 9.55 Å². The lowest BCUT2D eigenvalue weighted by molar-refractivity contribution is 0.0969. The first-order chi connectivity index (χ1) is 11.2. The van der Waals surface area contributed by atoms with Crippen LogP contribution >= 0.6 is 0 Å². The fraction of sp³-hybridized carbons (Fsp3) is 0.333. The van der Waals surface area contributed by atoms with Crippen LogP contribution in [0.4, 0.5) is 0 Å². The van der Waals surface area contributed by atoms with Gasteiger partial charge < -0.3 is 9.47 Å². The maximum atomic E-state index is 11.9. The van der Waals surface area contributed by atoms with Gasteiger partial charge in [0.25, 0.3) is 5.91 Å². The van der Waals surface area contributed by atoms with Crippen molar-refractivity contribution in [2.75, 3.05) is 13.7 Å². The van der Waals surface area contributed by atoms with Crippen molar-refractivity contribution in [3.05, 3.63) is 48.6 Å². The van der Waals surface area contributed by atoms with Gasteiger partial charge in [-0.2, -0.15) is 0 Å². The quantitative estimate of drug-likeness (QED) is 0.549.